The summed E-state index contributed by atoms with van der Waals surface area (Å²) < 4.78 is 30.3. The molecule has 14 aromatic rings. The maximum absolute atomic E-state index is 13.4. The highest BCUT2D eigenvalue weighted by atomic mass is 32.2. The smallest absolute Gasteiger partial charge is 0.410 e. The number of aryl methyl sites for hydroxylation is 12. The van der Waals surface area contributed by atoms with E-state index in [2.05, 4.69) is 91.4 Å². The summed E-state index contributed by atoms with van der Waals surface area (Å²) in [5, 5.41) is 54.9. The number of carbonyl (C=O) groups excluding carboxylic acids is 8. The van der Waals surface area contributed by atoms with Crippen molar-refractivity contribution < 1.29 is 51.5 Å². The molecule has 6 saturated heterocycles. The average molecular weight is 2170 g/mol. The predicted octanol–water partition coefficient (Wildman–Crippen LogP) is 16.1. The molecule has 0 saturated carbocycles. The Bertz CT molecular complexity index is 7680. The fourth-order valence-electron chi connectivity index (χ4n) is 19.3. The normalized spacial score (nSPS) is 16.9. The van der Waals surface area contributed by atoms with E-state index in [0.717, 1.165) is 185 Å². The highest BCUT2D eigenvalue weighted by molar-refractivity contribution is 7.88. The third-order valence-corrected chi connectivity index (χ3v) is 36.2. The minimum Gasteiger partial charge on any atom is -0.444 e. The zero-order chi connectivity index (χ0) is 108. The van der Waals surface area contributed by atoms with Gasteiger partial charge in [0.1, 0.15) is 63.8 Å². The Labute approximate surface area is 895 Å². The molecule has 12 aromatic heterocycles. The van der Waals surface area contributed by atoms with Gasteiger partial charge in [0, 0.05) is 150 Å². The molecule has 0 radical (unpaired) electrons. The van der Waals surface area contributed by atoms with E-state index in [-0.39, 0.29) is 65.4 Å². The number of aromatic nitrogens is 12. The molecular formula is C105H129N27O11S7. The van der Waals surface area contributed by atoms with Gasteiger partial charge < -0.3 is 78.3 Å². The van der Waals surface area contributed by atoms with E-state index < -0.39 is 15.6 Å². The number of nitrogens with two attached hydrogens (primary N) is 6. The Morgan fingerprint density at radius 3 is 0.940 bits per heavy atom. The molecular weight excluding hydrogens is 2040 g/mol. The van der Waals surface area contributed by atoms with E-state index >= 15 is 0 Å². The zero-order valence-electron chi connectivity index (χ0n) is 87.7. The molecule has 0 bridgehead atoms. The van der Waals surface area contributed by atoms with Gasteiger partial charge in [-0.3, -0.25) is 33.6 Å². The largest absolute Gasteiger partial charge is 0.444 e. The van der Waals surface area contributed by atoms with Crippen LogP contribution in [0.15, 0.2) is 60.7 Å². The molecule has 8 amide bonds. The molecule has 18 heterocycles. The SMILES string of the molecule is C#CC1CCCN(C(=O)c2sc3nnc(C)c(C)c3c2N)C1.CC(=O)N1CCCN(C(=O)c2sc3nnc(C)c(C)c3c2N)CC1.Cc1nnc2sc(C(=O)N3CCCC3c3ccccc3)c(N)c2c1C.Cc1nnc2sc(C(=O)N3CCCCC3c3ccccc3)c(N)c2c1C.Cc1nnc2sc(C(=O)N3CCCN(C(=O)OC(C)(C)C)CC3)c(N)c2c1C.Cc1nnc2sc(C(=O)N3CCCN(S(C)(=O)=O)CC3)c(N)c2c1C. The van der Waals surface area contributed by atoms with Crippen molar-refractivity contribution in [3.8, 4) is 12.3 Å². The summed E-state index contributed by atoms with van der Waals surface area (Å²) in [6, 6.07) is 20.7. The zero-order valence-corrected chi connectivity index (χ0v) is 93.4. The van der Waals surface area contributed by atoms with Gasteiger partial charge in [-0.05, 0) is 213 Å². The number of nitrogen functional groups attached to an aromatic ring is 6. The van der Waals surface area contributed by atoms with Gasteiger partial charge in [-0.25, -0.2) is 17.5 Å². The van der Waals surface area contributed by atoms with Gasteiger partial charge in [0.05, 0.1) is 86.6 Å². The molecule has 150 heavy (non-hydrogen) atoms. The third-order valence-electron chi connectivity index (χ3n) is 28.4. The van der Waals surface area contributed by atoms with E-state index in [1.807, 2.05) is 155 Å². The van der Waals surface area contributed by atoms with Crippen LogP contribution >= 0.6 is 68.0 Å². The number of fused-ring (bicyclic) bond motifs is 6. The number of piperidine rings is 2. The number of benzene rings is 2. The Hall–Kier alpha value is -13.5. The Balaban J connectivity index is 0.000000135. The third kappa shape index (κ3) is 23.8. The summed E-state index contributed by atoms with van der Waals surface area (Å²) in [6.45, 7) is 39.0. The molecule has 0 spiro atoms. The molecule has 792 valence electrons. The van der Waals surface area contributed by atoms with Crippen molar-refractivity contribution in [1.82, 2.24) is 105 Å². The molecule has 3 atom stereocenters. The lowest BCUT2D eigenvalue weighted by molar-refractivity contribution is -0.128. The number of anilines is 6. The molecule has 12 N–H and O–H groups in total. The Kier molecular flexibility index (Phi) is 34.6. The first kappa shape index (κ1) is 111. The monoisotopic (exact) mass is 2170 g/mol. The average Bonchev–Trinajstić information content (AvgIpc) is 1.62. The predicted molar refractivity (Wildman–Crippen MR) is 597 cm³/mol. The van der Waals surface area contributed by atoms with E-state index in [1.54, 1.807) is 31.4 Å². The van der Waals surface area contributed by atoms with Crippen LogP contribution in [0.3, 0.4) is 0 Å². The molecule has 3 unspecified atom stereocenters. The number of likely N-dealkylation sites (tertiary alicyclic amines) is 3. The van der Waals surface area contributed by atoms with Crippen LogP contribution in [0.4, 0.5) is 38.9 Å². The quantitative estimate of drug-likeness (QED) is 0.0731. The van der Waals surface area contributed by atoms with Crippen molar-refractivity contribution in [3.63, 3.8) is 0 Å². The highest BCUT2D eigenvalue weighted by Crippen LogP contribution is 2.46. The summed E-state index contributed by atoms with van der Waals surface area (Å²) in [5.41, 5.74) is 53.4. The second kappa shape index (κ2) is 47.0. The van der Waals surface area contributed by atoms with Crippen LogP contribution in [0.5, 0.6) is 0 Å². The van der Waals surface area contributed by atoms with Crippen LogP contribution < -0.4 is 34.4 Å². The number of carbonyl (C=O) groups is 8. The Morgan fingerprint density at radius 1 is 0.340 bits per heavy atom. The number of amides is 8. The maximum Gasteiger partial charge on any atom is 0.410 e. The maximum atomic E-state index is 13.4. The number of sulfonamides is 1. The van der Waals surface area contributed by atoms with Crippen molar-refractivity contribution in [3.05, 3.63) is 169 Å². The van der Waals surface area contributed by atoms with Crippen molar-refractivity contribution in [2.75, 3.05) is 145 Å². The summed E-state index contributed by atoms with van der Waals surface area (Å²) in [6.07, 6.45) is 15.5. The highest BCUT2D eigenvalue weighted by Gasteiger charge is 2.39. The second-order valence-corrected chi connectivity index (χ2v) is 47.4. The lowest BCUT2D eigenvalue weighted by Crippen LogP contribution is -2.40. The van der Waals surface area contributed by atoms with Gasteiger partial charge in [0.2, 0.25) is 15.9 Å². The second-order valence-electron chi connectivity index (χ2n) is 39.4. The van der Waals surface area contributed by atoms with Gasteiger partial charge >= 0.3 is 6.09 Å². The van der Waals surface area contributed by atoms with Gasteiger partial charge in [0.25, 0.3) is 35.4 Å². The van der Waals surface area contributed by atoms with Crippen molar-refractivity contribution >= 4 is 221 Å². The van der Waals surface area contributed by atoms with Crippen LogP contribution in [-0.4, -0.2) is 277 Å². The minimum atomic E-state index is -3.25. The number of hydrogen-bond acceptors (Lipinski definition) is 35. The van der Waals surface area contributed by atoms with E-state index in [4.69, 9.17) is 45.6 Å². The van der Waals surface area contributed by atoms with Crippen LogP contribution in [0.2, 0.25) is 0 Å². The molecule has 38 nitrogen and oxygen atoms in total. The summed E-state index contributed by atoms with van der Waals surface area (Å²) in [5.74, 6) is 2.53. The van der Waals surface area contributed by atoms with Gasteiger partial charge in [-0.15, -0.1) is 111 Å². The van der Waals surface area contributed by atoms with Gasteiger partial charge in [-0.1, -0.05) is 60.7 Å². The molecule has 2 aromatic carbocycles. The molecule has 6 aliphatic rings. The number of hydrogen-bond donors (Lipinski definition) is 6. The van der Waals surface area contributed by atoms with E-state index in [1.165, 1.54) is 89.7 Å². The van der Waals surface area contributed by atoms with Crippen LogP contribution in [0, 0.1) is 101 Å². The molecule has 6 fully saturated rings. The van der Waals surface area contributed by atoms with Gasteiger partial charge in [0.15, 0.2) is 0 Å². The van der Waals surface area contributed by atoms with Crippen LogP contribution in [-0.2, 0) is 19.6 Å². The summed E-state index contributed by atoms with van der Waals surface area (Å²) in [4.78, 5) is 124. The van der Waals surface area contributed by atoms with Crippen LogP contribution in [0.1, 0.15) is 241 Å². The minimum absolute atomic E-state index is 0.00362. The Morgan fingerprint density at radius 2 is 0.613 bits per heavy atom. The molecule has 0 aliphatic carbocycles. The summed E-state index contributed by atoms with van der Waals surface area (Å²) in [7, 11) is -3.25. The van der Waals surface area contributed by atoms with Crippen LogP contribution in [0.25, 0.3) is 61.3 Å². The first-order chi connectivity index (χ1) is 71.4. The molecule has 20 rings (SSSR count). The fourth-order valence-corrected chi connectivity index (χ4v) is 26.5. The lowest BCUT2D eigenvalue weighted by atomic mass is 9.95. The van der Waals surface area contributed by atoms with E-state index in [9.17, 15) is 46.8 Å². The number of nitrogens with zero attached hydrogens (tertiary/aromatic N) is 21. The summed E-state index contributed by atoms with van der Waals surface area (Å²) >= 11 is 7.83. The van der Waals surface area contributed by atoms with Crippen molar-refractivity contribution in [1.29, 1.82) is 0 Å². The van der Waals surface area contributed by atoms with E-state index in [0.29, 0.717) is 176 Å². The van der Waals surface area contributed by atoms with Crippen molar-refractivity contribution in [2.24, 2.45) is 5.92 Å². The number of thiophene rings is 6. The lowest BCUT2D eigenvalue weighted by Gasteiger charge is -2.36. The van der Waals surface area contributed by atoms with Crippen molar-refractivity contribution in [2.45, 2.75) is 193 Å². The first-order valence-corrected chi connectivity index (χ1v) is 56.8. The topological polar surface area (TPSA) is 520 Å². The number of ether oxygens (including phenoxy) is 1. The molecule has 45 heteroatoms. The fraction of sp³-hybridized carbons (Fsp3) is 0.448. The standard InChI is InChI=1S/C20H22N4OS.C19H27N5O3S.C19H20N4OS.C16H21N5O2S.C16H18N4OS.C15H21N5O3S2/c1-12-13(2)22-23-19-16(12)17(21)18(26-19)20(25)24-11-7-6-10-15(24)14-8-4-3-5-9-14;1-11-12(2)21-22-16-13(11)14(20)15(28-16)17(25)23-7-6-8-24(10-9-23)18(26)27-19(3,4)5;1-11-12(2)21-22-18-15(11)16(20)17(25-18)19(24)23-10-6-9-14(23)13-7-4-3-5-8-13;1-9-10(2)18-19-15-12(9)13(17)14(24-15)16(23)21-6-4-5-20(7-8-21)11(3)22;1-4-11-6-5-7-20(8-11)16(21)14-13(17)12-9(2)10(3)18-19-15(12)22-14;1-9-10(2)17-18-14-11(9)12(16)13(24-14)15(21)19-5-4-6-20(8-7-19)25(3,22)23/h3-5,8-9,15H,6-7,10-11,21H2,1-2H3;6-10,20H2,1-5H3;3-5,7-8,14H,6,9-10,20H2,1-2H3;4-8,17H2,1-3H3;1,11H,5-8,17H2,2-3H3;4-8,16H2,1-3H3. The van der Waals surface area contributed by atoms with Gasteiger partial charge in [-0.2, -0.15) is 30.6 Å². The number of rotatable bonds is 9. The first-order valence-electron chi connectivity index (χ1n) is 50.0. The molecule has 6 aliphatic heterocycles. The number of terminal acetylenes is 1.